The van der Waals surface area contributed by atoms with Crippen LogP contribution in [0.1, 0.15) is 0 Å². The number of rotatable bonds is 0. The summed E-state index contributed by atoms with van der Waals surface area (Å²) in [6.07, 6.45) is 0. The van der Waals surface area contributed by atoms with Gasteiger partial charge in [-0.3, -0.25) is 0 Å². The molecule has 5 nitrogen and oxygen atoms in total. The molecule has 0 amide bonds. The number of nitrogens with two attached hydrogens (primary N) is 2. The molecule has 0 spiro atoms. The molecule has 0 aromatic heterocycles. The Balaban J connectivity index is -0.0000000910. The first-order chi connectivity index (χ1) is 4.00. The average molecular weight is 185 g/mol. The molecule has 0 aromatic carbocycles. The van der Waals surface area contributed by atoms with Crippen molar-refractivity contribution in [1.29, 1.82) is 0 Å². The van der Waals surface area contributed by atoms with Crippen molar-refractivity contribution < 1.29 is 9.84 Å². The highest BCUT2D eigenvalue weighted by Crippen LogP contribution is 1.58. The fourth-order valence-electron chi connectivity index (χ4n) is 0. The molecule has 0 aliphatic heterocycles. The Morgan fingerprint density at radius 2 is 1.50 bits per heavy atom. The van der Waals surface area contributed by atoms with Crippen LogP contribution in [0, 0.1) is 0 Å². The smallest absolute Gasteiger partial charge is 0.253 e. The lowest BCUT2D eigenvalue weighted by molar-refractivity contribution is 0.408. The molecule has 0 aromatic rings. The van der Waals surface area contributed by atoms with Gasteiger partial charge in [-0.2, -0.15) is 0 Å². The van der Waals surface area contributed by atoms with E-state index in [-0.39, 0.29) is 11.3 Å². The maximum atomic E-state index is 7.56. The first kappa shape index (κ1) is 16.2. The molecule has 0 saturated heterocycles. The van der Waals surface area contributed by atoms with E-state index in [4.69, 9.17) is 10.8 Å². The van der Waals surface area contributed by atoms with Gasteiger partial charge < -0.3 is 27.5 Å². The van der Waals surface area contributed by atoms with Gasteiger partial charge in [0.15, 0.2) is 0 Å². The summed E-state index contributed by atoms with van der Waals surface area (Å²) in [7, 11) is 1.43. The van der Waals surface area contributed by atoms with Crippen LogP contribution >= 0.6 is 24.4 Å². The second kappa shape index (κ2) is 11.2. The third kappa shape index (κ3) is 164. The molecule has 10 heavy (non-hydrogen) atoms. The Labute approximate surface area is 69.9 Å². The van der Waals surface area contributed by atoms with Crippen LogP contribution in [0.2, 0.25) is 0 Å². The monoisotopic (exact) mass is 185 g/mol. The van der Waals surface area contributed by atoms with Gasteiger partial charge in [-0.1, -0.05) is 0 Å². The van der Waals surface area contributed by atoms with E-state index in [9.17, 15) is 0 Å². The van der Waals surface area contributed by atoms with Gasteiger partial charge >= 0.3 is 0 Å². The van der Waals surface area contributed by atoms with Crippen LogP contribution in [0.3, 0.4) is 0 Å². The van der Waals surface area contributed by atoms with Gasteiger partial charge in [-0.25, -0.2) is 0 Å². The van der Waals surface area contributed by atoms with E-state index in [1.807, 2.05) is 0 Å². The van der Waals surface area contributed by atoms with E-state index >= 15 is 0 Å². The maximum Gasteiger partial charge on any atom is 0.253 e. The normalized spacial score (nSPS) is 5.70. The quantitative estimate of drug-likeness (QED) is 0.387. The Hall–Kier alpha value is -0.660. The molecular weight excluding hydrogens is 174 g/mol. The highest BCUT2D eigenvalue weighted by Gasteiger charge is 1.69. The molecule has 0 aliphatic rings. The number of ether oxygens (including phenoxy) is 1. The second-order valence-corrected chi connectivity index (χ2v) is 1.68. The summed E-state index contributed by atoms with van der Waals surface area (Å²) in [5, 5.41) is 7.15. The van der Waals surface area contributed by atoms with Gasteiger partial charge in [0.1, 0.15) is 0 Å². The Morgan fingerprint density at radius 1 is 1.40 bits per heavy atom. The molecule has 0 fully saturated rings. The number of aliphatic hydroxyl groups excluding tert-OH is 1. The van der Waals surface area contributed by atoms with Crippen molar-refractivity contribution in [2.24, 2.45) is 11.5 Å². The molecule has 0 saturated carbocycles. The summed E-state index contributed by atoms with van der Waals surface area (Å²) in [5.41, 5.74) is 9.20. The second-order valence-electron chi connectivity index (χ2n) is 0.861. The predicted octanol–water partition coefficient (Wildman–Crippen LogP) is -0.174. The molecule has 0 radical (unpaired) electrons. The zero-order valence-corrected chi connectivity index (χ0v) is 7.17. The lowest BCUT2D eigenvalue weighted by Crippen LogP contribution is -2.08. The largest absolute Gasteiger partial charge is 0.487 e. The molecule has 0 unspecified atom stereocenters. The molecule has 0 bridgehead atoms. The molecule has 0 atom stereocenters. The van der Waals surface area contributed by atoms with Gasteiger partial charge in [-0.05, 0) is 24.4 Å². The highest BCUT2D eigenvalue weighted by molar-refractivity contribution is 7.80. The third-order valence-electron chi connectivity index (χ3n) is 0.201. The Kier molecular flexibility index (Phi) is 18.1. The van der Waals surface area contributed by atoms with Crippen LogP contribution in [0.4, 0.5) is 0 Å². The molecule has 8 N–H and O–H groups in total. The summed E-state index contributed by atoms with van der Waals surface area (Å²) >= 11 is 8.12. The molecule has 62 valence electrons. The number of methoxy groups -OCH3 is 1. The van der Waals surface area contributed by atoms with Crippen LogP contribution in [-0.2, 0) is 4.74 Å². The summed E-state index contributed by atoms with van der Waals surface area (Å²) < 4.78 is 4.26. The van der Waals surface area contributed by atoms with Gasteiger partial charge in [0.2, 0.25) is 0 Å². The average Bonchev–Trinajstić information content (AvgIpc) is 1.65. The molecular formula is C3H11N3O2S2. The van der Waals surface area contributed by atoms with Crippen LogP contribution in [0.25, 0.3) is 0 Å². The van der Waals surface area contributed by atoms with E-state index in [2.05, 4.69) is 34.9 Å². The zero-order chi connectivity index (χ0) is 7.86. The van der Waals surface area contributed by atoms with Crippen molar-refractivity contribution in [2.45, 2.75) is 0 Å². The molecule has 0 aliphatic carbocycles. The van der Waals surface area contributed by atoms with Gasteiger partial charge in [-0.15, -0.1) is 0 Å². The first-order valence-electron chi connectivity index (χ1n) is 1.82. The van der Waals surface area contributed by atoms with Gasteiger partial charge in [0, 0.05) is 0 Å². The molecule has 0 heterocycles. The topological polar surface area (TPSA) is 116 Å². The lowest BCUT2D eigenvalue weighted by atomic mass is 11.3. The number of hydrogen-bond donors (Lipinski definition) is 4. The minimum atomic E-state index is -0.500. The summed E-state index contributed by atoms with van der Waals surface area (Å²) in [6.45, 7) is 0. The Morgan fingerprint density at radius 3 is 1.50 bits per heavy atom. The number of hydrogen-bond acceptors (Lipinski definition) is 4. The van der Waals surface area contributed by atoms with Crippen molar-refractivity contribution in [1.82, 2.24) is 6.15 Å². The first-order valence-corrected chi connectivity index (χ1v) is 2.64. The van der Waals surface area contributed by atoms with Gasteiger partial charge in [0.25, 0.3) is 10.3 Å². The van der Waals surface area contributed by atoms with E-state index < -0.39 is 5.17 Å². The predicted molar refractivity (Wildman–Crippen MR) is 48.2 cm³/mol. The van der Waals surface area contributed by atoms with Gasteiger partial charge in [0.05, 0.1) is 7.11 Å². The fraction of sp³-hybridized carbons (Fsp3) is 0.333. The standard InChI is InChI=1S/C2H5NOS.CH3NOS.H3N/c1-4-2(3)5;2-1(3)4;/h1H3,(H2,3,5);(H3,2,3,4);1H3. The molecule has 0 rings (SSSR count). The summed E-state index contributed by atoms with van der Waals surface area (Å²) in [6, 6.07) is 0. The van der Waals surface area contributed by atoms with Crippen LogP contribution in [0.5, 0.6) is 0 Å². The SMILES string of the molecule is COC(N)=S.N.NC(O)=S. The van der Waals surface area contributed by atoms with Crippen LogP contribution < -0.4 is 17.6 Å². The van der Waals surface area contributed by atoms with Crippen LogP contribution in [0.15, 0.2) is 0 Å². The number of thiocarbonyl (C=S) groups is 2. The van der Waals surface area contributed by atoms with Crippen molar-refractivity contribution in [3.63, 3.8) is 0 Å². The third-order valence-corrected chi connectivity index (χ3v) is 0.368. The number of aliphatic hydroxyl groups is 1. The fourth-order valence-corrected chi connectivity index (χ4v) is 0. The molecule has 7 heteroatoms. The van der Waals surface area contributed by atoms with E-state index in [1.165, 1.54) is 7.11 Å². The van der Waals surface area contributed by atoms with Crippen molar-refractivity contribution in [3.8, 4) is 0 Å². The summed E-state index contributed by atoms with van der Waals surface area (Å²) in [4.78, 5) is 0. The maximum absolute atomic E-state index is 7.56. The van der Waals surface area contributed by atoms with Crippen molar-refractivity contribution in [2.75, 3.05) is 7.11 Å². The van der Waals surface area contributed by atoms with Crippen LogP contribution in [-0.4, -0.2) is 22.6 Å². The minimum absolute atomic E-state index is 0. The van der Waals surface area contributed by atoms with E-state index in [1.54, 1.807) is 0 Å². The lowest BCUT2D eigenvalue weighted by Gasteiger charge is -1.85. The Bertz CT molecular complexity index is 104. The van der Waals surface area contributed by atoms with E-state index in [0.29, 0.717) is 0 Å². The summed E-state index contributed by atoms with van der Waals surface area (Å²) in [5.74, 6) is 0. The van der Waals surface area contributed by atoms with Crippen molar-refractivity contribution >= 4 is 34.8 Å². The van der Waals surface area contributed by atoms with E-state index in [0.717, 1.165) is 0 Å². The highest BCUT2D eigenvalue weighted by atomic mass is 32.1. The van der Waals surface area contributed by atoms with Crippen molar-refractivity contribution in [3.05, 3.63) is 0 Å². The zero-order valence-electron chi connectivity index (χ0n) is 5.53. The minimum Gasteiger partial charge on any atom is -0.487 e.